The lowest BCUT2D eigenvalue weighted by molar-refractivity contribution is -0.140. The highest BCUT2D eigenvalue weighted by Crippen LogP contribution is 2.19. The van der Waals surface area contributed by atoms with Crippen LogP contribution in [0.2, 0.25) is 0 Å². The molecule has 0 heterocycles. The molecular weight excluding hydrogens is 457 g/mol. The van der Waals surface area contributed by atoms with Crippen molar-refractivity contribution < 1.29 is 22.4 Å². The summed E-state index contributed by atoms with van der Waals surface area (Å²) in [6.07, 6.45) is 3.92. The van der Waals surface area contributed by atoms with Gasteiger partial charge in [0.1, 0.15) is 11.9 Å². The fourth-order valence-electron chi connectivity index (χ4n) is 4.02. The third-order valence-corrected chi connectivity index (χ3v) is 8.04. The fraction of sp³-hybridized carbons (Fsp3) is 0.440. The number of benzene rings is 2. The first-order valence-corrected chi connectivity index (χ1v) is 12.9. The van der Waals surface area contributed by atoms with Crippen LogP contribution in [0.4, 0.5) is 4.39 Å². The maximum Gasteiger partial charge on any atom is 0.243 e. The van der Waals surface area contributed by atoms with E-state index in [0.29, 0.717) is 5.56 Å². The molecule has 1 saturated carbocycles. The topological polar surface area (TPSA) is 86.8 Å². The van der Waals surface area contributed by atoms with Gasteiger partial charge in [-0.3, -0.25) is 9.59 Å². The Labute approximate surface area is 201 Å². The molecule has 0 spiro atoms. The van der Waals surface area contributed by atoms with Crippen molar-refractivity contribution in [3.63, 3.8) is 0 Å². The van der Waals surface area contributed by atoms with Crippen molar-refractivity contribution in [3.8, 4) is 0 Å². The number of rotatable bonds is 9. The Balaban J connectivity index is 1.78. The van der Waals surface area contributed by atoms with Crippen molar-refractivity contribution in [2.45, 2.75) is 63.1 Å². The molecule has 0 aromatic heterocycles. The normalized spacial score (nSPS) is 15.3. The molecule has 1 fully saturated rings. The molecule has 0 unspecified atom stereocenters. The van der Waals surface area contributed by atoms with Gasteiger partial charge in [-0.15, -0.1) is 0 Å². The van der Waals surface area contributed by atoms with Crippen molar-refractivity contribution in [2.75, 3.05) is 13.6 Å². The Morgan fingerprint density at radius 1 is 1.06 bits per heavy atom. The number of nitrogens with one attached hydrogen (secondary N) is 1. The van der Waals surface area contributed by atoms with Crippen LogP contribution in [0.5, 0.6) is 0 Å². The summed E-state index contributed by atoms with van der Waals surface area (Å²) in [5.41, 5.74) is 1.56. The van der Waals surface area contributed by atoms with E-state index >= 15 is 0 Å². The number of carbonyl (C=O) groups excluding carboxylic acids is 2. The average Bonchev–Trinajstić information content (AvgIpc) is 3.31. The summed E-state index contributed by atoms with van der Waals surface area (Å²) in [6, 6.07) is 11.3. The van der Waals surface area contributed by atoms with Crippen LogP contribution in [-0.2, 0) is 26.2 Å². The minimum absolute atomic E-state index is 0.0524. The lowest BCUT2D eigenvalue weighted by atomic mass is 10.1. The zero-order valence-electron chi connectivity index (χ0n) is 19.8. The summed E-state index contributed by atoms with van der Waals surface area (Å²) in [5.74, 6) is -1.21. The first-order chi connectivity index (χ1) is 16.1. The van der Waals surface area contributed by atoms with E-state index in [-0.39, 0.29) is 23.4 Å². The Morgan fingerprint density at radius 3 is 2.24 bits per heavy atom. The molecule has 0 radical (unpaired) electrons. The molecule has 34 heavy (non-hydrogen) atoms. The predicted octanol–water partition coefficient (Wildman–Crippen LogP) is 3.23. The van der Waals surface area contributed by atoms with Gasteiger partial charge in [0.2, 0.25) is 21.8 Å². The van der Waals surface area contributed by atoms with Gasteiger partial charge < -0.3 is 10.2 Å². The smallest absolute Gasteiger partial charge is 0.243 e. The van der Waals surface area contributed by atoms with Crippen LogP contribution in [0.15, 0.2) is 53.4 Å². The lowest BCUT2D eigenvalue weighted by Crippen LogP contribution is -2.52. The van der Waals surface area contributed by atoms with Gasteiger partial charge >= 0.3 is 0 Å². The summed E-state index contributed by atoms with van der Waals surface area (Å²) in [4.78, 5) is 27.7. The third kappa shape index (κ3) is 6.42. The van der Waals surface area contributed by atoms with Crippen LogP contribution in [0.25, 0.3) is 0 Å². The van der Waals surface area contributed by atoms with Crippen LogP contribution in [0, 0.1) is 12.7 Å². The highest BCUT2D eigenvalue weighted by atomic mass is 32.2. The van der Waals surface area contributed by atoms with Crippen LogP contribution in [0.3, 0.4) is 0 Å². The molecule has 0 bridgehead atoms. The third-order valence-electron chi connectivity index (χ3n) is 6.22. The molecule has 1 N–H and O–H groups in total. The fourth-order valence-corrected chi connectivity index (χ4v) is 5.14. The molecule has 1 atom stereocenters. The second-order valence-electron chi connectivity index (χ2n) is 8.89. The molecule has 7 nitrogen and oxygen atoms in total. The monoisotopic (exact) mass is 489 g/mol. The van der Waals surface area contributed by atoms with E-state index in [4.69, 9.17) is 0 Å². The number of nitrogens with zero attached hydrogens (tertiary/aromatic N) is 2. The van der Waals surface area contributed by atoms with Crippen molar-refractivity contribution in [3.05, 3.63) is 65.5 Å². The molecule has 184 valence electrons. The molecule has 9 heteroatoms. The molecule has 2 aromatic carbocycles. The van der Waals surface area contributed by atoms with E-state index in [1.54, 1.807) is 31.2 Å². The SMILES string of the molecule is Cc1ccc(S(=O)(=O)N(C)CC(=O)N(Cc2ccc(F)cc2)[C@@H](C)C(=O)NC2CCCC2)cc1. The largest absolute Gasteiger partial charge is 0.352 e. The quantitative estimate of drug-likeness (QED) is 0.586. The Kier molecular flexibility index (Phi) is 8.43. The first-order valence-electron chi connectivity index (χ1n) is 11.4. The maximum atomic E-state index is 13.4. The number of hydrogen-bond acceptors (Lipinski definition) is 4. The van der Waals surface area contributed by atoms with E-state index in [1.165, 1.54) is 36.2 Å². The van der Waals surface area contributed by atoms with Gasteiger partial charge in [-0.1, -0.05) is 42.7 Å². The number of likely N-dealkylation sites (N-methyl/N-ethyl adjacent to an activating group) is 1. The van der Waals surface area contributed by atoms with Crippen LogP contribution in [0.1, 0.15) is 43.7 Å². The van der Waals surface area contributed by atoms with Gasteiger partial charge in [-0.05, 0) is 56.5 Å². The van der Waals surface area contributed by atoms with E-state index in [9.17, 15) is 22.4 Å². The molecule has 1 aliphatic carbocycles. The van der Waals surface area contributed by atoms with Crippen molar-refractivity contribution in [2.24, 2.45) is 0 Å². The minimum Gasteiger partial charge on any atom is -0.352 e. The molecule has 0 aliphatic heterocycles. The van der Waals surface area contributed by atoms with Gasteiger partial charge in [-0.25, -0.2) is 12.8 Å². The summed E-state index contributed by atoms with van der Waals surface area (Å²) >= 11 is 0. The Morgan fingerprint density at radius 2 is 1.65 bits per heavy atom. The first kappa shape index (κ1) is 25.8. The molecule has 2 aromatic rings. The summed E-state index contributed by atoms with van der Waals surface area (Å²) in [5, 5.41) is 3.00. The van der Waals surface area contributed by atoms with Crippen LogP contribution in [-0.4, -0.2) is 55.1 Å². The van der Waals surface area contributed by atoms with Gasteiger partial charge in [-0.2, -0.15) is 4.31 Å². The molecule has 2 amide bonds. The van der Waals surface area contributed by atoms with Gasteiger partial charge in [0, 0.05) is 19.6 Å². The number of amides is 2. The van der Waals surface area contributed by atoms with Crippen LogP contribution < -0.4 is 5.32 Å². The molecule has 3 rings (SSSR count). The highest BCUT2D eigenvalue weighted by Gasteiger charge is 2.31. The maximum absolute atomic E-state index is 13.4. The molecule has 1 aliphatic rings. The number of halogens is 1. The van der Waals surface area contributed by atoms with E-state index in [1.807, 2.05) is 6.92 Å². The summed E-state index contributed by atoms with van der Waals surface area (Å²) in [7, 11) is -2.55. The number of carbonyl (C=O) groups is 2. The van der Waals surface area contributed by atoms with E-state index in [0.717, 1.165) is 35.6 Å². The van der Waals surface area contributed by atoms with E-state index in [2.05, 4.69) is 5.32 Å². The number of hydrogen-bond donors (Lipinski definition) is 1. The van der Waals surface area contributed by atoms with Crippen molar-refractivity contribution in [1.82, 2.24) is 14.5 Å². The highest BCUT2D eigenvalue weighted by molar-refractivity contribution is 7.89. The van der Waals surface area contributed by atoms with Crippen LogP contribution >= 0.6 is 0 Å². The number of aryl methyl sites for hydroxylation is 1. The average molecular weight is 490 g/mol. The Hall–Kier alpha value is -2.78. The van der Waals surface area contributed by atoms with Gasteiger partial charge in [0.15, 0.2) is 0 Å². The zero-order chi connectivity index (χ0) is 24.9. The van der Waals surface area contributed by atoms with Gasteiger partial charge in [0.05, 0.1) is 11.4 Å². The summed E-state index contributed by atoms with van der Waals surface area (Å²) < 4.78 is 40.3. The summed E-state index contributed by atoms with van der Waals surface area (Å²) in [6.45, 7) is 3.10. The van der Waals surface area contributed by atoms with Crippen molar-refractivity contribution >= 4 is 21.8 Å². The van der Waals surface area contributed by atoms with Gasteiger partial charge in [0.25, 0.3) is 0 Å². The molecule has 0 saturated heterocycles. The molecular formula is C25H32FN3O4S. The second kappa shape index (κ2) is 11.1. The van der Waals surface area contributed by atoms with E-state index < -0.39 is 34.3 Å². The van der Waals surface area contributed by atoms with Crippen molar-refractivity contribution in [1.29, 1.82) is 0 Å². The lowest BCUT2D eigenvalue weighted by Gasteiger charge is -2.31. The minimum atomic E-state index is -3.89. The number of sulfonamides is 1. The predicted molar refractivity (Wildman–Crippen MR) is 128 cm³/mol. The standard InChI is InChI=1S/C25H32FN3O4S/c1-18-8-14-23(15-9-18)34(32,33)28(3)17-24(30)29(16-20-10-12-21(26)13-11-20)19(2)25(31)27-22-6-4-5-7-22/h8-15,19,22H,4-7,16-17H2,1-3H3,(H,27,31)/t19-/m0/s1. The Bertz CT molecular complexity index is 1100. The zero-order valence-corrected chi connectivity index (χ0v) is 20.6. The second-order valence-corrected chi connectivity index (χ2v) is 10.9.